The fourth-order valence-corrected chi connectivity index (χ4v) is 6.23. The Kier molecular flexibility index (Phi) is 6.22. The van der Waals surface area contributed by atoms with Crippen molar-refractivity contribution in [3.05, 3.63) is 54.1 Å². The number of carbonyl (C=O) groups is 1. The maximum absolute atomic E-state index is 13.7. The number of nitrogens with zero attached hydrogens (tertiary/aromatic N) is 5. The summed E-state index contributed by atoms with van der Waals surface area (Å²) < 4.78 is 28.2. The van der Waals surface area contributed by atoms with Gasteiger partial charge in [0.1, 0.15) is 0 Å². The van der Waals surface area contributed by atoms with Gasteiger partial charge in [0.25, 0.3) is 5.91 Å². The number of hydrogen-bond acceptors (Lipinski definition) is 6. The highest BCUT2D eigenvalue weighted by atomic mass is 32.2. The van der Waals surface area contributed by atoms with Crippen molar-refractivity contribution in [3.63, 3.8) is 0 Å². The summed E-state index contributed by atoms with van der Waals surface area (Å²) in [6.07, 6.45) is 4.57. The minimum Gasteiger partial charge on any atom is -0.357 e. The van der Waals surface area contributed by atoms with Crippen LogP contribution in [0.15, 0.2) is 53.4 Å². The maximum Gasteiger partial charge on any atom is 0.259 e. The number of hydrogen-bond donors (Lipinski definition) is 0. The molecule has 2 aromatic carbocycles. The van der Waals surface area contributed by atoms with Gasteiger partial charge in [-0.1, -0.05) is 31.0 Å². The Hall–Kier alpha value is -3.04. The van der Waals surface area contributed by atoms with Gasteiger partial charge in [-0.3, -0.25) is 9.69 Å². The van der Waals surface area contributed by atoms with Gasteiger partial charge in [-0.05, 0) is 49.6 Å². The summed E-state index contributed by atoms with van der Waals surface area (Å²) in [5, 5.41) is 0. The summed E-state index contributed by atoms with van der Waals surface area (Å²) in [6.45, 7) is 2.27. The molecule has 0 aliphatic carbocycles. The molecule has 9 heteroatoms. The molecule has 8 nitrogen and oxygen atoms in total. The molecule has 0 bridgehead atoms. The van der Waals surface area contributed by atoms with E-state index in [0.717, 1.165) is 44.2 Å². The molecule has 2 aliphatic rings. The summed E-state index contributed by atoms with van der Waals surface area (Å²) in [5.41, 5.74) is 1.82. The van der Waals surface area contributed by atoms with E-state index in [1.807, 2.05) is 36.2 Å². The highest BCUT2D eigenvalue weighted by molar-refractivity contribution is 7.89. The van der Waals surface area contributed by atoms with Crippen LogP contribution in [0.5, 0.6) is 0 Å². The van der Waals surface area contributed by atoms with Crippen molar-refractivity contribution in [2.75, 3.05) is 43.0 Å². The van der Waals surface area contributed by atoms with Crippen LogP contribution < -0.4 is 9.80 Å². The summed E-state index contributed by atoms with van der Waals surface area (Å²) in [7, 11) is -1.70. The second kappa shape index (κ2) is 9.31. The monoisotopic (exact) mass is 479 g/mol. The van der Waals surface area contributed by atoms with Crippen LogP contribution in [-0.2, 0) is 10.0 Å². The van der Waals surface area contributed by atoms with E-state index in [-0.39, 0.29) is 10.8 Å². The molecule has 34 heavy (non-hydrogen) atoms. The van der Waals surface area contributed by atoms with E-state index in [1.54, 1.807) is 27.4 Å². The van der Waals surface area contributed by atoms with Crippen molar-refractivity contribution in [2.45, 2.75) is 37.0 Å². The third-order valence-corrected chi connectivity index (χ3v) is 8.45. The number of amides is 1. The predicted molar refractivity (Wildman–Crippen MR) is 133 cm³/mol. The van der Waals surface area contributed by atoms with E-state index in [4.69, 9.17) is 9.97 Å². The average molecular weight is 480 g/mol. The van der Waals surface area contributed by atoms with Crippen molar-refractivity contribution in [2.24, 2.45) is 0 Å². The van der Waals surface area contributed by atoms with Crippen molar-refractivity contribution in [3.8, 4) is 0 Å². The zero-order valence-electron chi connectivity index (χ0n) is 19.4. The quantitative estimate of drug-likeness (QED) is 0.570. The number of carbonyl (C=O) groups excluding carboxylic acids is 1. The second-order valence-electron chi connectivity index (χ2n) is 8.94. The van der Waals surface area contributed by atoms with E-state index in [0.29, 0.717) is 42.4 Å². The first-order valence-corrected chi connectivity index (χ1v) is 13.3. The summed E-state index contributed by atoms with van der Waals surface area (Å²) in [6, 6.07) is 14.0. The fourth-order valence-electron chi connectivity index (χ4n) is 4.67. The summed E-state index contributed by atoms with van der Waals surface area (Å²) in [5.74, 6) is 0.886. The van der Waals surface area contributed by atoms with Crippen LogP contribution in [-0.4, -0.2) is 61.8 Å². The Labute approximate surface area is 200 Å². The van der Waals surface area contributed by atoms with Gasteiger partial charge < -0.3 is 4.90 Å². The summed E-state index contributed by atoms with van der Waals surface area (Å²) >= 11 is 0. The lowest BCUT2D eigenvalue weighted by Gasteiger charge is -2.23. The molecule has 0 radical (unpaired) electrons. The number of aromatic nitrogens is 2. The first kappa shape index (κ1) is 22.7. The molecule has 0 spiro atoms. The van der Waals surface area contributed by atoms with Gasteiger partial charge in [-0.25, -0.2) is 18.4 Å². The number of benzene rings is 2. The van der Waals surface area contributed by atoms with E-state index in [9.17, 15) is 13.2 Å². The molecular formula is C25H29N5O3S. The SMILES string of the molecule is CN1CCCN(C(=O)c2cccc(S(=O)(=O)N3CCCCCC3)c2)c2nc3ccccc3nc21. The number of rotatable bonds is 3. The standard InChI is InChI=1S/C25H29N5O3S/c1-28-14-9-17-30(24-23(28)26-21-12-4-5-13-22(21)27-24)25(31)19-10-8-11-20(18-19)34(32,33)29-15-6-2-3-7-16-29/h4-5,8,10-13,18H,2-3,6-7,9,14-17H2,1H3. The lowest BCUT2D eigenvalue weighted by molar-refractivity contribution is 0.0986. The fraction of sp³-hybridized carbons (Fsp3) is 0.400. The Morgan fingerprint density at radius 1 is 0.794 bits per heavy atom. The predicted octanol–water partition coefficient (Wildman–Crippen LogP) is 3.68. The second-order valence-corrected chi connectivity index (χ2v) is 10.9. The molecule has 1 fully saturated rings. The van der Waals surface area contributed by atoms with Crippen LogP contribution in [0.1, 0.15) is 42.5 Å². The molecule has 3 aromatic rings. The Morgan fingerprint density at radius 2 is 1.47 bits per heavy atom. The number of para-hydroxylation sites is 2. The molecule has 0 saturated carbocycles. The molecule has 2 aliphatic heterocycles. The Bertz CT molecular complexity index is 1320. The Balaban J connectivity index is 1.52. The van der Waals surface area contributed by atoms with Crippen molar-refractivity contribution < 1.29 is 13.2 Å². The molecule has 0 N–H and O–H groups in total. The number of fused-ring (bicyclic) bond motifs is 2. The highest BCUT2D eigenvalue weighted by Crippen LogP contribution is 2.31. The molecule has 1 aromatic heterocycles. The molecule has 1 saturated heterocycles. The van der Waals surface area contributed by atoms with Crippen LogP contribution in [0.3, 0.4) is 0 Å². The molecule has 5 rings (SSSR count). The average Bonchev–Trinajstić information content (AvgIpc) is 3.23. The van der Waals surface area contributed by atoms with Gasteiger partial charge in [0, 0.05) is 38.8 Å². The Morgan fingerprint density at radius 3 is 2.18 bits per heavy atom. The van der Waals surface area contributed by atoms with Gasteiger partial charge in [0.2, 0.25) is 10.0 Å². The first-order valence-electron chi connectivity index (χ1n) is 11.9. The van der Waals surface area contributed by atoms with Crippen molar-refractivity contribution in [1.29, 1.82) is 0 Å². The van der Waals surface area contributed by atoms with E-state index >= 15 is 0 Å². The number of anilines is 2. The lowest BCUT2D eigenvalue weighted by Crippen LogP contribution is -2.34. The zero-order valence-corrected chi connectivity index (χ0v) is 20.2. The van der Waals surface area contributed by atoms with Gasteiger partial charge in [0.05, 0.1) is 15.9 Å². The minimum absolute atomic E-state index is 0.164. The van der Waals surface area contributed by atoms with E-state index in [2.05, 4.69) is 0 Å². The van der Waals surface area contributed by atoms with Crippen LogP contribution in [0.4, 0.5) is 11.6 Å². The van der Waals surface area contributed by atoms with Crippen LogP contribution in [0.2, 0.25) is 0 Å². The summed E-state index contributed by atoms with van der Waals surface area (Å²) in [4.78, 5) is 27.1. The van der Waals surface area contributed by atoms with Gasteiger partial charge in [0.15, 0.2) is 11.6 Å². The largest absolute Gasteiger partial charge is 0.357 e. The van der Waals surface area contributed by atoms with Crippen LogP contribution >= 0.6 is 0 Å². The van der Waals surface area contributed by atoms with Crippen molar-refractivity contribution in [1.82, 2.24) is 14.3 Å². The first-order chi connectivity index (χ1) is 16.4. The third-order valence-electron chi connectivity index (χ3n) is 6.56. The smallest absolute Gasteiger partial charge is 0.259 e. The highest BCUT2D eigenvalue weighted by Gasteiger charge is 2.30. The van der Waals surface area contributed by atoms with Crippen molar-refractivity contribution >= 4 is 38.6 Å². The topological polar surface area (TPSA) is 86.7 Å². The van der Waals surface area contributed by atoms with Crippen LogP contribution in [0.25, 0.3) is 11.0 Å². The third kappa shape index (κ3) is 4.25. The molecule has 178 valence electrons. The van der Waals surface area contributed by atoms with Crippen LogP contribution in [0, 0.1) is 0 Å². The molecule has 0 atom stereocenters. The van der Waals surface area contributed by atoms with Gasteiger partial charge >= 0.3 is 0 Å². The van der Waals surface area contributed by atoms with E-state index < -0.39 is 10.0 Å². The molecular weight excluding hydrogens is 450 g/mol. The van der Waals surface area contributed by atoms with Gasteiger partial charge in [-0.2, -0.15) is 4.31 Å². The maximum atomic E-state index is 13.7. The lowest BCUT2D eigenvalue weighted by atomic mass is 10.2. The van der Waals surface area contributed by atoms with Gasteiger partial charge in [-0.15, -0.1) is 0 Å². The zero-order chi connectivity index (χ0) is 23.7. The van der Waals surface area contributed by atoms with E-state index in [1.165, 1.54) is 6.07 Å². The number of sulfonamides is 1. The minimum atomic E-state index is -3.65. The molecule has 0 unspecified atom stereocenters. The molecule has 3 heterocycles. The molecule has 1 amide bonds. The normalized spacial score (nSPS) is 17.8.